The summed E-state index contributed by atoms with van der Waals surface area (Å²) in [6.07, 6.45) is -8.72. The van der Waals surface area contributed by atoms with Gasteiger partial charge in [0.2, 0.25) is 0 Å². The molecule has 0 aromatic heterocycles. The van der Waals surface area contributed by atoms with Crippen LogP contribution in [-0.2, 0) is 9.53 Å². The van der Waals surface area contributed by atoms with E-state index in [0.717, 1.165) is 0 Å². The average Bonchev–Trinajstić information content (AvgIpc) is 2.07. The third kappa shape index (κ3) is 1.79. The minimum absolute atomic E-state index is 1.52. The Morgan fingerprint density at radius 2 is 1.54 bits per heavy atom. The summed E-state index contributed by atoms with van der Waals surface area (Å²) in [5.74, 6) is -1.52. The van der Waals surface area contributed by atoms with E-state index in [1.165, 1.54) is 0 Å². The van der Waals surface area contributed by atoms with Crippen LogP contribution >= 0.6 is 0 Å². The molecule has 0 bridgehead atoms. The van der Waals surface area contributed by atoms with Crippen LogP contribution in [0.2, 0.25) is 0 Å². The van der Waals surface area contributed by atoms with Crippen LogP contribution in [0.3, 0.4) is 0 Å². The lowest BCUT2D eigenvalue weighted by Crippen LogP contribution is -2.59. The van der Waals surface area contributed by atoms with Gasteiger partial charge in [0.05, 0.1) is 0 Å². The predicted octanol–water partition coefficient (Wildman–Crippen LogP) is -3.13. The van der Waals surface area contributed by atoms with Gasteiger partial charge in [-0.15, -0.1) is 0 Å². The molecule has 0 amide bonds. The van der Waals surface area contributed by atoms with Gasteiger partial charge in [0, 0.05) is 0 Å². The second-order valence-electron chi connectivity index (χ2n) is 2.76. The van der Waals surface area contributed by atoms with Crippen LogP contribution in [0.5, 0.6) is 0 Å². The number of carboxylic acids is 1. The number of rotatable bonds is 1. The Bertz CT molecular complexity index is 205. The molecule has 0 aliphatic carbocycles. The lowest BCUT2D eigenvalue weighted by Gasteiger charge is -2.36. The van der Waals surface area contributed by atoms with Crippen molar-refractivity contribution in [2.45, 2.75) is 30.7 Å². The summed E-state index contributed by atoms with van der Waals surface area (Å²) in [5, 5.41) is 44.4. The smallest absolute Gasteiger partial charge is 0.335 e. The molecule has 5 N–H and O–H groups in total. The number of aliphatic carboxylic acids is 1. The van der Waals surface area contributed by atoms with Gasteiger partial charge in [-0.2, -0.15) is 0 Å². The Balaban J connectivity index is 2.76. The van der Waals surface area contributed by atoms with Crippen LogP contribution < -0.4 is 0 Å². The van der Waals surface area contributed by atoms with Crippen LogP contribution in [0, 0.1) is 0 Å². The van der Waals surface area contributed by atoms with Gasteiger partial charge >= 0.3 is 5.97 Å². The van der Waals surface area contributed by atoms with Crippen molar-refractivity contribution in [2.75, 3.05) is 0 Å². The lowest BCUT2D eigenvalue weighted by atomic mass is 9.99. The molecule has 1 aliphatic rings. The van der Waals surface area contributed by atoms with E-state index in [0.29, 0.717) is 0 Å². The van der Waals surface area contributed by atoms with Crippen LogP contribution in [0.25, 0.3) is 0 Å². The zero-order valence-electron chi connectivity index (χ0n) is 6.44. The SMILES string of the molecule is O=C(O)C1OC(O)[C@H](O)C(O)[C@H]1O. The first kappa shape index (κ1) is 10.4. The molecule has 7 heteroatoms. The van der Waals surface area contributed by atoms with Gasteiger partial charge in [0.15, 0.2) is 12.4 Å². The molecule has 0 spiro atoms. The van der Waals surface area contributed by atoms with Crippen molar-refractivity contribution >= 4 is 5.97 Å². The Kier molecular flexibility index (Phi) is 2.84. The minimum Gasteiger partial charge on any atom is -0.479 e. The third-order valence-electron chi connectivity index (χ3n) is 1.83. The van der Waals surface area contributed by atoms with Crippen LogP contribution in [0.4, 0.5) is 0 Å². The number of hydrogen-bond donors (Lipinski definition) is 5. The van der Waals surface area contributed by atoms with Gasteiger partial charge < -0.3 is 30.3 Å². The standard InChI is InChI=1S/C6H10O7/c7-1-2(8)4(5(10)11)13-6(12)3(1)9/h1-4,6-9,12H,(H,10,11)/t1?,2-,3-,4?,6?/m1/s1. The molecule has 1 fully saturated rings. The molecule has 1 heterocycles. The number of carboxylic acid groups (broad SMARTS) is 1. The Hall–Kier alpha value is -0.730. The fourth-order valence-electron chi connectivity index (χ4n) is 1.07. The first-order valence-corrected chi connectivity index (χ1v) is 3.55. The zero-order chi connectivity index (χ0) is 10.2. The van der Waals surface area contributed by atoms with Crippen LogP contribution in [0.1, 0.15) is 0 Å². The molecular formula is C6H10O7. The molecule has 0 aromatic carbocycles. The number of aliphatic hydroxyl groups is 4. The minimum atomic E-state index is -1.81. The normalized spacial score (nSPS) is 46.0. The van der Waals surface area contributed by atoms with E-state index < -0.39 is 36.7 Å². The Labute approximate surface area is 72.8 Å². The summed E-state index contributed by atoms with van der Waals surface area (Å²) in [6.45, 7) is 0. The molecule has 0 radical (unpaired) electrons. The molecule has 1 aliphatic heterocycles. The van der Waals surface area contributed by atoms with Crippen molar-refractivity contribution in [3.05, 3.63) is 0 Å². The molecule has 0 saturated carbocycles. The van der Waals surface area contributed by atoms with E-state index in [1.54, 1.807) is 0 Å². The second kappa shape index (κ2) is 3.56. The number of carbonyl (C=O) groups is 1. The summed E-state index contributed by atoms with van der Waals surface area (Å²) in [5.41, 5.74) is 0. The topological polar surface area (TPSA) is 127 Å². The summed E-state index contributed by atoms with van der Waals surface area (Å²) in [4.78, 5) is 10.4. The van der Waals surface area contributed by atoms with E-state index in [2.05, 4.69) is 4.74 Å². The van der Waals surface area contributed by atoms with Crippen molar-refractivity contribution in [1.29, 1.82) is 0 Å². The highest BCUT2D eigenvalue weighted by atomic mass is 16.6. The maximum Gasteiger partial charge on any atom is 0.335 e. The number of hydrogen-bond acceptors (Lipinski definition) is 6. The fourth-order valence-corrected chi connectivity index (χ4v) is 1.07. The molecule has 3 unspecified atom stereocenters. The van der Waals surface area contributed by atoms with Crippen molar-refractivity contribution < 1.29 is 35.1 Å². The van der Waals surface area contributed by atoms with Gasteiger partial charge in [-0.3, -0.25) is 0 Å². The molecule has 7 nitrogen and oxygen atoms in total. The Morgan fingerprint density at radius 3 is 2.00 bits per heavy atom. The molecule has 1 rings (SSSR count). The van der Waals surface area contributed by atoms with E-state index in [9.17, 15) is 4.79 Å². The van der Waals surface area contributed by atoms with Gasteiger partial charge in [-0.05, 0) is 0 Å². The van der Waals surface area contributed by atoms with Crippen molar-refractivity contribution in [3.8, 4) is 0 Å². The molecule has 0 aromatic rings. The highest BCUT2D eigenvalue weighted by molar-refractivity contribution is 5.73. The van der Waals surface area contributed by atoms with Gasteiger partial charge in [0.1, 0.15) is 18.3 Å². The monoisotopic (exact) mass is 194 g/mol. The largest absolute Gasteiger partial charge is 0.479 e. The van der Waals surface area contributed by atoms with E-state index in [-0.39, 0.29) is 0 Å². The first-order valence-electron chi connectivity index (χ1n) is 3.55. The quantitative estimate of drug-likeness (QED) is 0.298. The summed E-state index contributed by atoms with van der Waals surface area (Å²) in [7, 11) is 0. The zero-order valence-corrected chi connectivity index (χ0v) is 6.44. The van der Waals surface area contributed by atoms with Crippen LogP contribution in [0.15, 0.2) is 0 Å². The highest BCUT2D eigenvalue weighted by Gasteiger charge is 2.46. The van der Waals surface area contributed by atoms with E-state index in [1.807, 2.05) is 0 Å². The highest BCUT2D eigenvalue weighted by Crippen LogP contribution is 2.19. The second-order valence-corrected chi connectivity index (χ2v) is 2.76. The Morgan fingerprint density at radius 1 is 1.00 bits per heavy atom. The van der Waals surface area contributed by atoms with E-state index >= 15 is 0 Å². The first-order chi connectivity index (χ1) is 5.95. The van der Waals surface area contributed by atoms with Gasteiger partial charge in [-0.1, -0.05) is 0 Å². The summed E-state index contributed by atoms with van der Waals surface area (Å²) in [6, 6.07) is 0. The maximum absolute atomic E-state index is 10.4. The van der Waals surface area contributed by atoms with E-state index in [4.69, 9.17) is 25.5 Å². The molecule has 76 valence electrons. The molecule has 1 saturated heterocycles. The summed E-state index contributed by atoms with van der Waals surface area (Å²) < 4.78 is 4.34. The van der Waals surface area contributed by atoms with Crippen molar-refractivity contribution in [1.82, 2.24) is 0 Å². The van der Waals surface area contributed by atoms with Gasteiger partial charge in [-0.25, -0.2) is 4.79 Å². The maximum atomic E-state index is 10.4. The average molecular weight is 194 g/mol. The van der Waals surface area contributed by atoms with Crippen LogP contribution in [-0.4, -0.2) is 62.2 Å². The predicted molar refractivity (Wildman–Crippen MR) is 36.5 cm³/mol. The fraction of sp³-hybridized carbons (Fsp3) is 0.833. The molecule has 5 atom stereocenters. The van der Waals surface area contributed by atoms with Gasteiger partial charge in [0.25, 0.3) is 0 Å². The van der Waals surface area contributed by atoms with Crippen molar-refractivity contribution in [2.24, 2.45) is 0 Å². The molecule has 13 heavy (non-hydrogen) atoms. The number of aliphatic hydroxyl groups excluding tert-OH is 4. The molecular weight excluding hydrogens is 184 g/mol. The lowest BCUT2D eigenvalue weighted by molar-refractivity contribution is -0.279. The third-order valence-corrected chi connectivity index (χ3v) is 1.83. The van der Waals surface area contributed by atoms with Crippen molar-refractivity contribution in [3.63, 3.8) is 0 Å². The number of ether oxygens (including phenoxy) is 1. The summed E-state index contributed by atoms with van der Waals surface area (Å²) >= 11 is 0.